The number of fused-ring (bicyclic) bond motifs is 1. The normalized spacial score (nSPS) is 15.4. The van der Waals surface area contributed by atoms with Crippen molar-refractivity contribution in [1.29, 1.82) is 0 Å². The molecule has 3 rings (SSSR count). The van der Waals surface area contributed by atoms with Crippen LogP contribution in [-0.2, 0) is 15.9 Å². The number of aromatic nitrogens is 1. The van der Waals surface area contributed by atoms with Gasteiger partial charge in [-0.3, -0.25) is 24.9 Å². The van der Waals surface area contributed by atoms with E-state index in [1.807, 2.05) is 0 Å². The van der Waals surface area contributed by atoms with E-state index in [4.69, 9.17) is 19.9 Å². The average Bonchev–Trinajstić information content (AvgIpc) is 3.08. The Morgan fingerprint density at radius 1 is 1.21 bits per heavy atom. The maximum atomic E-state index is 13.3. The first kappa shape index (κ1) is 29.0. The minimum absolute atomic E-state index is 0.0153. The van der Waals surface area contributed by atoms with E-state index in [1.54, 1.807) is 26.8 Å². The Bertz CT molecular complexity index is 1270. The van der Waals surface area contributed by atoms with Crippen LogP contribution in [0.1, 0.15) is 67.6 Å². The van der Waals surface area contributed by atoms with E-state index in [0.717, 1.165) is 18.4 Å². The van der Waals surface area contributed by atoms with Crippen molar-refractivity contribution in [2.75, 3.05) is 13.7 Å². The van der Waals surface area contributed by atoms with Gasteiger partial charge in [0.2, 0.25) is 5.96 Å². The third-order valence-electron chi connectivity index (χ3n) is 5.77. The van der Waals surface area contributed by atoms with Crippen molar-refractivity contribution in [1.82, 2.24) is 9.88 Å². The van der Waals surface area contributed by atoms with Gasteiger partial charge in [0, 0.05) is 31.3 Å². The molecule has 1 aliphatic carbocycles. The van der Waals surface area contributed by atoms with E-state index < -0.39 is 28.7 Å². The number of hydrogen-bond acceptors (Lipinski definition) is 10. The number of aryl methyl sites for hydroxylation is 1. The first-order valence-electron chi connectivity index (χ1n) is 12.3. The van der Waals surface area contributed by atoms with E-state index >= 15 is 0 Å². The molecule has 0 spiro atoms. The van der Waals surface area contributed by atoms with E-state index in [9.17, 15) is 24.5 Å². The van der Waals surface area contributed by atoms with Gasteiger partial charge >= 0.3 is 12.2 Å². The van der Waals surface area contributed by atoms with E-state index in [-0.39, 0.29) is 35.5 Å². The highest BCUT2D eigenvalue weighted by Gasteiger charge is 2.32. The van der Waals surface area contributed by atoms with Crippen LogP contribution in [0.25, 0.3) is 0 Å². The number of nitro benzene ring substituents is 1. The number of aliphatic imine (C=N–C) groups is 1. The number of carbonyl (C=O) groups excluding carboxylic acids is 3. The van der Waals surface area contributed by atoms with Crippen LogP contribution in [0.3, 0.4) is 0 Å². The lowest BCUT2D eigenvalue weighted by Crippen LogP contribution is -2.48. The van der Waals surface area contributed by atoms with Crippen LogP contribution in [0.4, 0.5) is 15.3 Å². The second kappa shape index (κ2) is 12.3. The molecular weight excluding hydrogens is 510 g/mol. The molecular formula is C26H31N5O8. The largest absolute Gasteiger partial charge is 0.513 e. The van der Waals surface area contributed by atoms with Crippen LogP contribution in [0.5, 0.6) is 5.75 Å². The number of nitro groups is 1. The molecule has 2 amide bonds. The van der Waals surface area contributed by atoms with Crippen LogP contribution in [-0.4, -0.2) is 58.2 Å². The SMILES string of the molecule is CN=C(N)N(C(=O)OC(C)(C)C)C(=O)c1cnc2c(c1)CCCCC2COC(=O)Oc1ccc([N+](=O)[O-])cc1. The third-order valence-corrected chi connectivity index (χ3v) is 5.77. The molecule has 1 unspecified atom stereocenters. The summed E-state index contributed by atoms with van der Waals surface area (Å²) >= 11 is 0. The predicted octanol–water partition coefficient (Wildman–Crippen LogP) is 4.34. The number of ether oxygens (including phenoxy) is 3. The smallest absolute Gasteiger partial charge is 0.443 e. The van der Waals surface area contributed by atoms with Crippen molar-refractivity contribution in [3.63, 3.8) is 0 Å². The lowest BCUT2D eigenvalue weighted by molar-refractivity contribution is -0.384. The standard InChI is InChI=1S/C26H31N5O8/c1-26(2,3)39-24(33)30(23(27)28-4)22(32)18-13-16-7-5-6-8-17(21(16)29-14-18)15-37-25(34)38-20-11-9-19(10-12-20)31(35)36/h9-14,17H,5-8,15H2,1-4H3,(H2,27,28). The summed E-state index contributed by atoms with van der Waals surface area (Å²) in [6.45, 7) is 4.99. The molecule has 0 saturated heterocycles. The molecule has 208 valence electrons. The number of nitrogens with zero attached hydrogens (tertiary/aromatic N) is 4. The molecule has 2 aromatic rings. The number of nitrogens with two attached hydrogens (primary N) is 1. The van der Waals surface area contributed by atoms with Crippen molar-refractivity contribution < 1.29 is 33.5 Å². The highest BCUT2D eigenvalue weighted by Crippen LogP contribution is 2.30. The molecule has 1 aliphatic rings. The number of benzene rings is 1. The fraction of sp³-hybridized carbons (Fsp3) is 0.423. The Hall–Kier alpha value is -4.55. The summed E-state index contributed by atoms with van der Waals surface area (Å²) in [6, 6.07) is 6.69. The summed E-state index contributed by atoms with van der Waals surface area (Å²) in [4.78, 5) is 57.4. The van der Waals surface area contributed by atoms with Gasteiger partial charge in [-0.2, -0.15) is 4.90 Å². The van der Waals surface area contributed by atoms with Gasteiger partial charge < -0.3 is 19.9 Å². The van der Waals surface area contributed by atoms with Crippen molar-refractivity contribution in [2.24, 2.45) is 10.7 Å². The second-order valence-electron chi connectivity index (χ2n) is 9.83. The summed E-state index contributed by atoms with van der Waals surface area (Å²) < 4.78 is 15.7. The van der Waals surface area contributed by atoms with Crippen LogP contribution >= 0.6 is 0 Å². The van der Waals surface area contributed by atoms with Crippen molar-refractivity contribution >= 4 is 29.8 Å². The van der Waals surface area contributed by atoms with Gasteiger partial charge in [0.05, 0.1) is 16.2 Å². The minimum Gasteiger partial charge on any atom is -0.443 e. The topological polar surface area (TPSA) is 177 Å². The molecule has 13 heteroatoms. The molecule has 0 fully saturated rings. The number of guanidine groups is 1. The van der Waals surface area contributed by atoms with Crippen molar-refractivity contribution in [3.8, 4) is 5.75 Å². The van der Waals surface area contributed by atoms with Gasteiger partial charge in [-0.1, -0.05) is 6.42 Å². The fourth-order valence-corrected chi connectivity index (χ4v) is 3.96. The average molecular weight is 542 g/mol. The first-order chi connectivity index (χ1) is 18.4. The number of non-ortho nitro benzene ring substituents is 1. The highest BCUT2D eigenvalue weighted by molar-refractivity contribution is 6.15. The number of amides is 2. The molecule has 13 nitrogen and oxygen atoms in total. The van der Waals surface area contributed by atoms with Gasteiger partial charge in [-0.05, 0) is 63.8 Å². The Morgan fingerprint density at radius 2 is 1.90 bits per heavy atom. The van der Waals surface area contributed by atoms with Gasteiger partial charge in [0.1, 0.15) is 18.0 Å². The van der Waals surface area contributed by atoms with Gasteiger partial charge in [-0.25, -0.2) is 9.59 Å². The summed E-state index contributed by atoms with van der Waals surface area (Å²) in [5.74, 6) is -1.19. The zero-order valence-electron chi connectivity index (χ0n) is 22.2. The molecule has 1 atom stereocenters. The molecule has 39 heavy (non-hydrogen) atoms. The van der Waals surface area contributed by atoms with E-state index in [0.29, 0.717) is 23.4 Å². The Kier molecular flexibility index (Phi) is 9.17. The van der Waals surface area contributed by atoms with E-state index in [1.165, 1.54) is 37.5 Å². The van der Waals surface area contributed by atoms with E-state index in [2.05, 4.69) is 9.98 Å². The third kappa shape index (κ3) is 7.72. The van der Waals surface area contributed by atoms with Crippen LogP contribution in [0.2, 0.25) is 0 Å². The van der Waals surface area contributed by atoms with Crippen LogP contribution in [0, 0.1) is 10.1 Å². The Balaban J connectivity index is 1.74. The number of pyridine rings is 1. The highest BCUT2D eigenvalue weighted by atomic mass is 16.7. The lowest BCUT2D eigenvalue weighted by atomic mass is 9.98. The predicted molar refractivity (Wildman–Crippen MR) is 140 cm³/mol. The zero-order valence-corrected chi connectivity index (χ0v) is 22.2. The monoisotopic (exact) mass is 541 g/mol. The van der Waals surface area contributed by atoms with Gasteiger partial charge in [0.25, 0.3) is 11.6 Å². The maximum absolute atomic E-state index is 13.3. The first-order valence-corrected chi connectivity index (χ1v) is 12.3. The Labute approximate surface area is 225 Å². The molecule has 0 saturated carbocycles. The maximum Gasteiger partial charge on any atom is 0.513 e. The number of rotatable bonds is 5. The molecule has 0 bridgehead atoms. The summed E-state index contributed by atoms with van der Waals surface area (Å²) in [5, 5.41) is 10.8. The minimum atomic E-state index is -0.955. The van der Waals surface area contributed by atoms with Gasteiger partial charge in [0.15, 0.2) is 0 Å². The van der Waals surface area contributed by atoms with Crippen LogP contribution < -0.4 is 10.5 Å². The second-order valence-corrected chi connectivity index (χ2v) is 9.83. The Morgan fingerprint density at radius 3 is 2.51 bits per heavy atom. The summed E-state index contributed by atoms with van der Waals surface area (Å²) in [5.41, 5.74) is 6.45. The molecule has 0 radical (unpaired) electrons. The molecule has 2 N–H and O–H groups in total. The van der Waals surface area contributed by atoms with Crippen LogP contribution in [0.15, 0.2) is 41.5 Å². The van der Waals surface area contributed by atoms with Crippen molar-refractivity contribution in [3.05, 3.63) is 63.5 Å². The summed E-state index contributed by atoms with van der Waals surface area (Å²) in [6.07, 6.45) is 2.42. The number of hydrogen-bond donors (Lipinski definition) is 1. The molecule has 0 aliphatic heterocycles. The zero-order chi connectivity index (χ0) is 28.7. The lowest BCUT2D eigenvalue weighted by Gasteiger charge is -2.25. The number of carbonyl (C=O) groups is 3. The quantitative estimate of drug-likeness (QED) is 0.109. The van der Waals surface area contributed by atoms with Crippen molar-refractivity contribution in [2.45, 2.75) is 58.0 Å². The van der Waals surface area contributed by atoms with Gasteiger partial charge in [-0.15, -0.1) is 0 Å². The fourth-order valence-electron chi connectivity index (χ4n) is 3.96. The summed E-state index contributed by atoms with van der Waals surface area (Å²) in [7, 11) is 1.35. The molecule has 1 aromatic carbocycles. The molecule has 1 aromatic heterocycles. The molecule has 1 heterocycles. The number of imide groups is 1.